The highest BCUT2D eigenvalue weighted by Crippen LogP contribution is 2.15. The summed E-state index contributed by atoms with van der Waals surface area (Å²) in [5.41, 5.74) is 0. The van der Waals surface area contributed by atoms with E-state index in [0.717, 1.165) is 0 Å². The van der Waals surface area contributed by atoms with E-state index in [9.17, 15) is 13.2 Å². The maximum atomic E-state index is 12.0. The highest BCUT2D eigenvalue weighted by Gasteiger charge is 2.14. The number of carbonyl (C=O) groups excluding carboxylic acids is 1. The van der Waals surface area contributed by atoms with Gasteiger partial charge in [0.2, 0.25) is 15.9 Å². The zero-order valence-corrected chi connectivity index (χ0v) is 14.0. The van der Waals surface area contributed by atoms with Crippen LogP contribution in [0, 0.1) is 0 Å². The number of thiazole rings is 1. The molecule has 1 amide bonds. The monoisotopic (exact) mass is 389 g/mol. The molecule has 0 unspecified atom stereocenters. The third kappa shape index (κ3) is 4.88. The quantitative estimate of drug-likeness (QED) is 0.792. The Hall–Kier alpha value is -1.29. The number of hydrogen-bond acceptors (Lipinski definition) is 5. The molecule has 2 aromatic rings. The lowest BCUT2D eigenvalue weighted by Crippen LogP contribution is -2.27. The molecule has 1 aromatic carbocycles. The van der Waals surface area contributed by atoms with Gasteiger partial charge >= 0.3 is 0 Å². The van der Waals surface area contributed by atoms with Crippen molar-refractivity contribution in [2.75, 3.05) is 11.9 Å². The first-order valence-corrected chi connectivity index (χ1v) is 9.07. The molecule has 0 aliphatic rings. The van der Waals surface area contributed by atoms with Crippen LogP contribution in [0.2, 0.25) is 0 Å². The minimum Gasteiger partial charge on any atom is -0.302 e. The van der Waals surface area contributed by atoms with Gasteiger partial charge in [-0.25, -0.2) is 18.1 Å². The highest BCUT2D eigenvalue weighted by molar-refractivity contribution is 9.10. The summed E-state index contributed by atoms with van der Waals surface area (Å²) in [6.07, 6.45) is 1.61. The van der Waals surface area contributed by atoms with E-state index < -0.39 is 10.0 Å². The molecule has 0 atom stereocenters. The van der Waals surface area contributed by atoms with Gasteiger partial charge in [0.15, 0.2) is 5.13 Å². The Balaban J connectivity index is 1.86. The molecule has 2 N–H and O–H groups in total. The van der Waals surface area contributed by atoms with Gasteiger partial charge in [-0.3, -0.25) is 4.79 Å². The minimum absolute atomic E-state index is 0.0199. The van der Waals surface area contributed by atoms with E-state index in [-0.39, 0.29) is 23.8 Å². The number of rotatable bonds is 6. The van der Waals surface area contributed by atoms with Crippen LogP contribution in [0.15, 0.2) is 45.2 Å². The summed E-state index contributed by atoms with van der Waals surface area (Å²) >= 11 is 4.52. The summed E-state index contributed by atoms with van der Waals surface area (Å²) in [7, 11) is -3.61. The molecule has 21 heavy (non-hydrogen) atoms. The average molecular weight is 390 g/mol. The van der Waals surface area contributed by atoms with Gasteiger partial charge in [-0.2, -0.15) is 0 Å². The lowest BCUT2D eigenvalue weighted by molar-refractivity contribution is -0.116. The number of benzene rings is 1. The standard InChI is InChI=1S/C12H12BrN3O3S2/c13-9-2-1-3-10(8-9)21(18,19)15-5-4-11(17)16-12-14-6-7-20-12/h1-3,6-8,15H,4-5H2,(H,14,16,17). The Bertz CT molecular complexity index is 717. The summed E-state index contributed by atoms with van der Waals surface area (Å²) < 4.78 is 27.1. The Morgan fingerprint density at radius 3 is 2.86 bits per heavy atom. The van der Waals surface area contributed by atoms with Crippen molar-refractivity contribution in [2.45, 2.75) is 11.3 Å². The predicted octanol–water partition coefficient (Wildman–Crippen LogP) is 2.21. The van der Waals surface area contributed by atoms with E-state index in [1.54, 1.807) is 23.7 Å². The molecular formula is C12H12BrN3O3S2. The number of carbonyl (C=O) groups is 1. The van der Waals surface area contributed by atoms with Crippen LogP contribution in [0.5, 0.6) is 0 Å². The van der Waals surface area contributed by atoms with Crippen LogP contribution in [-0.4, -0.2) is 25.9 Å². The van der Waals surface area contributed by atoms with Crippen LogP contribution < -0.4 is 10.0 Å². The van der Waals surface area contributed by atoms with Crippen LogP contribution in [0.3, 0.4) is 0 Å². The molecular weight excluding hydrogens is 378 g/mol. The van der Waals surface area contributed by atoms with Crippen LogP contribution >= 0.6 is 27.3 Å². The molecule has 0 spiro atoms. The second kappa shape index (κ2) is 7.12. The third-order valence-electron chi connectivity index (χ3n) is 2.43. The normalized spacial score (nSPS) is 11.3. The first-order valence-electron chi connectivity index (χ1n) is 5.92. The number of aromatic nitrogens is 1. The maximum absolute atomic E-state index is 12.0. The van der Waals surface area contributed by atoms with E-state index in [2.05, 4.69) is 31.0 Å². The summed E-state index contributed by atoms with van der Waals surface area (Å²) in [5.74, 6) is -0.290. The number of halogens is 1. The van der Waals surface area contributed by atoms with Gasteiger partial charge < -0.3 is 5.32 Å². The molecule has 0 aliphatic heterocycles. The van der Waals surface area contributed by atoms with Gasteiger partial charge in [0.1, 0.15) is 0 Å². The van der Waals surface area contributed by atoms with Crippen molar-refractivity contribution >= 4 is 48.3 Å². The van der Waals surface area contributed by atoms with E-state index in [1.807, 2.05) is 0 Å². The van der Waals surface area contributed by atoms with Crippen LogP contribution in [0.1, 0.15) is 6.42 Å². The molecule has 2 rings (SSSR count). The lowest BCUT2D eigenvalue weighted by Gasteiger charge is -2.07. The molecule has 1 heterocycles. The van der Waals surface area contributed by atoms with Crippen molar-refractivity contribution in [2.24, 2.45) is 0 Å². The summed E-state index contributed by atoms with van der Waals surface area (Å²) in [5, 5.41) is 4.82. The fraction of sp³-hybridized carbons (Fsp3) is 0.167. The number of hydrogen-bond donors (Lipinski definition) is 2. The van der Waals surface area contributed by atoms with Crippen molar-refractivity contribution in [3.8, 4) is 0 Å². The lowest BCUT2D eigenvalue weighted by atomic mass is 10.4. The molecule has 9 heteroatoms. The molecule has 0 bridgehead atoms. The second-order valence-electron chi connectivity index (χ2n) is 3.99. The topological polar surface area (TPSA) is 88.2 Å². The number of sulfonamides is 1. The summed E-state index contributed by atoms with van der Waals surface area (Å²) in [4.78, 5) is 15.7. The van der Waals surface area contributed by atoms with Gasteiger partial charge in [0, 0.05) is 29.0 Å². The second-order valence-corrected chi connectivity index (χ2v) is 7.57. The first-order chi connectivity index (χ1) is 9.97. The predicted molar refractivity (Wildman–Crippen MR) is 84.7 cm³/mol. The highest BCUT2D eigenvalue weighted by atomic mass is 79.9. The first kappa shape index (κ1) is 16.1. The van der Waals surface area contributed by atoms with E-state index >= 15 is 0 Å². The Morgan fingerprint density at radius 2 is 2.19 bits per heavy atom. The van der Waals surface area contributed by atoms with Crippen LogP contribution in [0.4, 0.5) is 5.13 Å². The molecule has 0 fully saturated rings. The minimum atomic E-state index is -3.61. The fourth-order valence-corrected chi connectivity index (χ4v) is 3.66. The smallest absolute Gasteiger partial charge is 0.240 e. The number of amides is 1. The zero-order chi connectivity index (χ0) is 15.3. The maximum Gasteiger partial charge on any atom is 0.240 e. The van der Waals surface area contributed by atoms with Crippen LogP contribution in [-0.2, 0) is 14.8 Å². The van der Waals surface area contributed by atoms with Gasteiger partial charge in [-0.15, -0.1) is 11.3 Å². The number of anilines is 1. The Kier molecular flexibility index (Phi) is 5.45. The van der Waals surface area contributed by atoms with Crippen molar-refractivity contribution in [1.82, 2.24) is 9.71 Å². The number of nitrogens with one attached hydrogen (secondary N) is 2. The van der Waals surface area contributed by atoms with Gasteiger partial charge in [-0.1, -0.05) is 22.0 Å². The van der Waals surface area contributed by atoms with Crippen molar-refractivity contribution in [1.29, 1.82) is 0 Å². The summed E-state index contributed by atoms with van der Waals surface area (Å²) in [6, 6.07) is 6.36. The van der Waals surface area contributed by atoms with Crippen molar-refractivity contribution < 1.29 is 13.2 Å². The largest absolute Gasteiger partial charge is 0.302 e. The van der Waals surface area contributed by atoms with Gasteiger partial charge in [0.05, 0.1) is 4.90 Å². The van der Waals surface area contributed by atoms with Gasteiger partial charge in [-0.05, 0) is 18.2 Å². The Labute approximate surface area is 134 Å². The Morgan fingerprint density at radius 1 is 1.38 bits per heavy atom. The molecule has 0 aliphatic carbocycles. The molecule has 1 aromatic heterocycles. The van der Waals surface area contributed by atoms with Gasteiger partial charge in [0.25, 0.3) is 0 Å². The van der Waals surface area contributed by atoms with Crippen molar-refractivity contribution in [3.63, 3.8) is 0 Å². The van der Waals surface area contributed by atoms with E-state index in [1.165, 1.54) is 23.5 Å². The average Bonchev–Trinajstić information content (AvgIpc) is 2.91. The third-order valence-corrected chi connectivity index (χ3v) is 5.07. The zero-order valence-electron chi connectivity index (χ0n) is 10.7. The summed E-state index contributed by atoms with van der Waals surface area (Å²) in [6.45, 7) is 0.0199. The molecule has 0 radical (unpaired) electrons. The van der Waals surface area contributed by atoms with Crippen LogP contribution in [0.25, 0.3) is 0 Å². The molecule has 6 nitrogen and oxygen atoms in total. The molecule has 112 valence electrons. The van der Waals surface area contributed by atoms with E-state index in [4.69, 9.17) is 0 Å². The number of nitrogens with zero attached hydrogens (tertiary/aromatic N) is 1. The molecule has 0 saturated carbocycles. The fourth-order valence-electron chi connectivity index (χ4n) is 1.48. The van der Waals surface area contributed by atoms with E-state index in [0.29, 0.717) is 9.60 Å². The van der Waals surface area contributed by atoms with Crippen molar-refractivity contribution in [3.05, 3.63) is 40.3 Å². The SMILES string of the molecule is O=C(CCNS(=O)(=O)c1cccc(Br)c1)Nc1nccs1. The molecule has 0 saturated heterocycles.